The number of nitrogens with one attached hydrogen (secondary N) is 4. The van der Waals surface area contributed by atoms with E-state index in [2.05, 4.69) is 30.6 Å². The van der Waals surface area contributed by atoms with Gasteiger partial charge in [-0.1, -0.05) is 29.8 Å². The topological polar surface area (TPSA) is 136 Å². The number of anilines is 2. The van der Waals surface area contributed by atoms with Gasteiger partial charge in [-0.05, 0) is 24.3 Å². The highest BCUT2D eigenvalue weighted by atomic mass is 35.5. The molecule has 0 radical (unpaired) electrons. The van der Waals surface area contributed by atoms with Gasteiger partial charge in [0.15, 0.2) is 5.69 Å². The quantitative estimate of drug-likeness (QED) is 0.344. The third-order valence-corrected chi connectivity index (χ3v) is 4.43. The van der Waals surface area contributed by atoms with Crippen molar-refractivity contribution in [3.8, 4) is 0 Å². The largest absolute Gasteiger partial charge is 0.392 e. The Morgan fingerprint density at radius 1 is 1.10 bits per heavy atom. The van der Waals surface area contributed by atoms with E-state index in [4.69, 9.17) is 11.6 Å². The van der Waals surface area contributed by atoms with E-state index in [9.17, 15) is 14.7 Å². The second kappa shape index (κ2) is 7.74. The van der Waals surface area contributed by atoms with E-state index in [1.54, 1.807) is 18.2 Å². The number of aromatic amines is 2. The fourth-order valence-electron chi connectivity index (χ4n) is 2.81. The van der Waals surface area contributed by atoms with Crippen molar-refractivity contribution in [3.05, 3.63) is 70.8 Å². The second-order valence-corrected chi connectivity index (χ2v) is 6.53. The van der Waals surface area contributed by atoms with Crippen molar-refractivity contribution in [2.75, 3.05) is 10.6 Å². The van der Waals surface area contributed by atoms with Gasteiger partial charge in [0.2, 0.25) is 5.95 Å². The van der Waals surface area contributed by atoms with Crippen molar-refractivity contribution in [1.29, 1.82) is 0 Å². The Labute approximate surface area is 169 Å². The van der Waals surface area contributed by atoms with Crippen molar-refractivity contribution in [2.45, 2.75) is 6.61 Å². The van der Waals surface area contributed by atoms with Crippen LogP contribution in [0.2, 0.25) is 5.02 Å². The van der Waals surface area contributed by atoms with E-state index < -0.39 is 11.8 Å². The average molecular weight is 411 g/mol. The van der Waals surface area contributed by atoms with Gasteiger partial charge in [0, 0.05) is 16.3 Å². The number of carbonyl (C=O) groups is 2. The summed E-state index contributed by atoms with van der Waals surface area (Å²) in [7, 11) is 0. The average Bonchev–Trinajstić information content (AvgIpc) is 3.34. The first kappa shape index (κ1) is 18.7. The lowest BCUT2D eigenvalue weighted by atomic mass is 10.2. The van der Waals surface area contributed by atoms with Crippen LogP contribution in [0.25, 0.3) is 11.0 Å². The van der Waals surface area contributed by atoms with E-state index in [-0.39, 0.29) is 23.9 Å². The minimum absolute atomic E-state index is 0.0319. The smallest absolute Gasteiger partial charge is 0.276 e. The number of halogens is 1. The Hall–Kier alpha value is -3.69. The molecule has 0 unspecified atom stereocenters. The number of rotatable bonds is 5. The Morgan fingerprint density at radius 2 is 1.93 bits per heavy atom. The number of fused-ring (bicyclic) bond motifs is 1. The van der Waals surface area contributed by atoms with Crippen LogP contribution in [0.15, 0.2) is 48.8 Å². The molecule has 2 aromatic heterocycles. The number of hydrogen-bond acceptors (Lipinski definition) is 5. The fourth-order valence-corrected chi connectivity index (χ4v) is 2.98. The molecule has 2 heterocycles. The van der Waals surface area contributed by atoms with Crippen LogP contribution in [0.5, 0.6) is 0 Å². The van der Waals surface area contributed by atoms with Crippen molar-refractivity contribution < 1.29 is 14.7 Å². The lowest BCUT2D eigenvalue weighted by Gasteiger charge is -2.10. The third-order valence-electron chi connectivity index (χ3n) is 4.19. The molecule has 2 amide bonds. The molecule has 0 aliphatic carbocycles. The molecule has 0 spiro atoms. The van der Waals surface area contributed by atoms with Crippen molar-refractivity contribution >= 4 is 46.1 Å². The Morgan fingerprint density at radius 3 is 2.72 bits per heavy atom. The lowest BCUT2D eigenvalue weighted by Crippen LogP contribution is -2.21. The molecule has 0 aliphatic heterocycles. The fraction of sp³-hybridized carbons (Fsp3) is 0.0526. The summed E-state index contributed by atoms with van der Waals surface area (Å²) in [5.41, 5.74) is 2.13. The maximum Gasteiger partial charge on any atom is 0.276 e. The summed E-state index contributed by atoms with van der Waals surface area (Å²) >= 11 is 5.96. The molecule has 0 bridgehead atoms. The minimum atomic E-state index is -0.627. The highest BCUT2D eigenvalue weighted by molar-refractivity contribution is 6.31. The number of aromatic nitrogens is 4. The molecule has 2 aromatic carbocycles. The highest BCUT2D eigenvalue weighted by Crippen LogP contribution is 2.22. The number of amides is 2. The SMILES string of the molecule is O=C(Nc1cc(Cl)ccc1CO)c1nc[nH]c1C(=O)Nc1nc2ccccc2[nH]1. The summed E-state index contributed by atoms with van der Waals surface area (Å²) in [5, 5.41) is 15.0. The third kappa shape index (κ3) is 3.82. The number of para-hydroxylation sites is 2. The van der Waals surface area contributed by atoms with Crippen LogP contribution in [0.4, 0.5) is 11.6 Å². The normalized spacial score (nSPS) is 10.8. The number of nitrogens with zero attached hydrogens (tertiary/aromatic N) is 2. The molecule has 0 aliphatic rings. The number of imidazole rings is 2. The molecule has 29 heavy (non-hydrogen) atoms. The standard InChI is InChI=1S/C19H15ClN6O3/c20-11-6-5-10(8-27)14(7-11)23-17(28)15-16(22-9-21-15)18(29)26-19-24-12-3-1-2-4-13(12)25-19/h1-7,9,27H,8H2,(H,21,22)(H,23,28)(H2,24,25,26,29). The monoisotopic (exact) mass is 410 g/mol. The van der Waals surface area contributed by atoms with Crippen LogP contribution >= 0.6 is 11.6 Å². The number of hydrogen-bond donors (Lipinski definition) is 5. The van der Waals surface area contributed by atoms with E-state index >= 15 is 0 Å². The van der Waals surface area contributed by atoms with E-state index in [1.807, 2.05) is 18.2 Å². The number of carbonyl (C=O) groups excluding carboxylic acids is 2. The van der Waals surface area contributed by atoms with Gasteiger partial charge in [0.25, 0.3) is 11.8 Å². The molecule has 9 nitrogen and oxygen atoms in total. The number of aliphatic hydroxyl groups excluding tert-OH is 1. The van der Waals surface area contributed by atoms with Crippen LogP contribution in [0.1, 0.15) is 26.5 Å². The number of H-pyrrole nitrogens is 2. The Bertz CT molecular complexity index is 1180. The maximum atomic E-state index is 12.7. The van der Waals surface area contributed by atoms with Crippen LogP contribution < -0.4 is 10.6 Å². The first-order chi connectivity index (χ1) is 14.0. The molecule has 0 atom stereocenters. The predicted molar refractivity (Wildman–Crippen MR) is 108 cm³/mol. The summed E-state index contributed by atoms with van der Waals surface area (Å²) in [6.45, 7) is -0.285. The summed E-state index contributed by atoms with van der Waals surface area (Å²) in [6.07, 6.45) is 1.24. The summed E-state index contributed by atoms with van der Waals surface area (Å²) in [5.74, 6) is -0.965. The van der Waals surface area contributed by atoms with Crippen LogP contribution in [-0.4, -0.2) is 36.9 Å². The Kier molecular flexibility index (Phi) is 4.98. The van der Waals surface area contributed by atoms with Crippen molar-refractivity contribution in [1.82, 2.24) is 19.9 Å². The first-order valence-electron chi connectivity index (χ1n) is 8.55. The molecule has 0 saturated heterocycles. The highest BCUT2D eigenvalue weighted by Gasteiger charge is 2.22. The van der Waals surface area contributed by atoms with Gasteiger partial charge in [0.05, 0.1) is 24.0 Å². The van der Waals surface area contributed by atoms with Gasteiger partial charge >= 0.3 is 0 Å². The van der Waals surface area contributed by atoms with Crippen molar-refractivity contribution in [2.24, 2.45) is 0 Å². The molecular formula is C19H15ClN6O3. The van der Waals surface area contributed by atoms with E-state index in [0.29, 0.717) is 21.8 Å². The summed E-state index contributed by atoms with van der Waals surface area (Å²) in [4.78, 5) is 39.1. The molecule has 4 rings (SSSR count). The molecule has 5 N–H and O–H groups in total. The molecule has 0 fully saturated rings. The zero-order valence-corrected chi connectivity index (χ0v) is 15.6. The van der Waals surface area contributed by atoms with Crippen LogP contribution in [0.3, 0.4) is 0 Å². The Balaban J connectivity index is 1.55. The van der Waals surface area contributed by atoms with Gasteiger partial charge in [-0.3, -0.25) is 14.9 Å². The number of benzene rings is 2. The molecule has 4 aromatic rings. The second-order valence-electron chi connectivity index (χ2n) is 6.10. The lowest BCUT2D eigenvalue weighted by molar-refractivity contribution is 0.0985. The molecule has 0 saturated carbocycles. The van der Waals surface area contributed by atoms with E-state index in [1.165, 1.54) is 12.4 Å². The minimum Gasteiger partial charge on any atom is -0.392 e. The van der Waals surface area contributed by atoms with Gasteiger partial charge < -0.3 is 20.4 Å². The maximum absolute atomic E-state index is 12.7. The summed E-state index contributed by atoms with van der Waals surface area (Å²) < 4.78 is 0. The molecule has 146 valence electrons. The van der Waals surface area contributed by atoms with Crippen molar-refractivity contribution in [3.63, 3.8) is 0 Å². The van der Waals surface area contributed by atoms with E-state index in [0.717, 1.165) is 5.52 Å². The molecular weight excluding hydrogens is 396 g/mol. The van der Waals surface area contributed by atoms with Crippen LogP contribution in [-0.2, 0) is 6.61 Å². The van der Waals surface area contributed by atoms with Gasteiger partial charge in [-0.25, -0.2) is 9.97 Å². The number of aliphatic hydroxyl groups is 1. The van der Waals surface area contributed by atoms with Gasteiger partial charge in [-0.15, -0.1) is 0 Å². The predicted octanol–water partition coefficient (Wildman–Crippen LogP) is 2.94. The molecule has 10 heteroatoms. The van der Waals surface area contributed by atoms with Gasteiger partial charge in [0.1, 0.15) is 5.69 Å². The van der Waals surface area contributed by atoms with Crippen LogP contribution in [0, 0.1) is 0 Å². The zero-order chi connectivity index (χ0) is 20.4. The zero-order valence-electron chi connectivity index (χ0n) is 14.9. The van der Waals surface area contributed by atoms with Gasteiger partial charge in [-0.2, -0.15) is 0 Å². The first-order valence-corrected chi connectivity index (χ1v) is 8.93. The summed E-state index contributed by atoms with van der Waals surface area (Å²) in [6, 6.07) is 12.0.